The van der Waals surface area contributed by atoms with Crippen molar-refractivity contribution in [2.75, 3.05) is 5.73 Å². The minimum absolute atomic E-state index is 0. The molecule has 0 atom stereocenters. The lowest BCUT2D eigenvalue weighted by molar-refractivity contribution is 0.412. The van der Waals surface area contributed by atoms with E-state index in [1.807, 2.05) is 24.3 Å². The molecule has 15 heavy (non-hydrogen) atoms. The molecule has 6 heteroatoms. The van der Waals surface area contributed by atoms with E-state index in [4.69, 9.17) is 5.73 Å². The number of nitrogens with two attached hydrogens (primary N) is 1. The van der Waals surface area contributed by atoms with Crippen molar-refractivity contribution in [2.24, 2.45) is 0 Å². The highest BCUT2D eigenvalue weighted by molar-refractivity contribution is 7.98. The Hall–Kier alpha value is -1.20. The summed E-state index contributed by atoms with van der Waals surface area (Å²) < 4.78 is 4.63. The number of nitrogens with zero attached hydrogens (tertiary/aromatic N) is 2. The minimum Gasteiger partial charge on any atom is -0.398 e. The van der Waals surface area contributed by atoms with Gasteiger partial charge in [-0.25, -0.2) is 0 Å². The first-order chi connectivity index (χ1) is 6.86. The Labute approximate surface area is 97.7 Å². The third-order valence-electron chi connectivity index (χ3n) is 1.68. The molecule has 0 amide bonds. The maximum absolute atomic E-state index is 5.77. The topological polar surface area (TPSA) is 64.9 Å². The minimum atomic E-state index is 0. The lowest BCUT2D eigenvalue weighted by Crippen LogP contribution is -1.89. The molecule has 0 saturated carbocycles. The summed E-state index contributed by atoms with van der Waals surface area (Å²) in [7, 11) is 0. The lowest BCUT2D eigenvalue weighted by Gasteiger charge is -2.01. The van der Waals surface area contributed by atoms with Crippen LogP contribution < -0.4 is 5.73 Å². The summed E-state index contributed by atoms with van der Waals surface area (Å²) in [4.78, 5) is 4.96. The van der Waals surface area contributed by atoms with E-state index in [9.17, 15) is 0 Å². The molecule has 0 saturated heterocycles. The number of rotatable bonds is 3. The van der Waals surface area contributed by atoms with Crippen LogP contribution in [0.15, 0.2) is 40.1 Å². The molecule has 0 aliphatic heterocycles. The van der Waals surface area contributed by atoms with Crippen LogP contribution in [0.1, 0.15) is 5.82 Å². The molecule has 0 radical (unpaired) electrons. The Morgan fingerprint density at radius 3 is 2.80 bits per heavy atom. The van der Waals surface area contributed by atoms with E-state index in [0.717, 1.165) is 10.6 Å². The van der Waals surface area contributed by atoms with Gasteiger partial charge in [0.1, 0.15) is 0 Å². The summed E-state index contributed by atoms with van der Waals surface area (Å²) in [6.45, 7) is 0. The van der Waals surface area contributed by atoms with E-state index < -0.39 is 0 Å². The van der Waals surface area contributed by atoms with Gasteiger partial charge in [-0.3, -0.25) is 0 Å². The van der Waals surface area contributed by atoms with Gasteiger partial charge in [-0.15, -0.1) is 24.2 Å². The fourth-order valence-electron chi connectivity index (χ4n) is 1.01. The van der Waals surface area contributed by atoms with Gasteiger partial charge in [0.05, 0.1) is 5.75 Å². The van der Waals surface area contributed by atoms with E-state index in [-0.39, 0.29) is 12.4 Å². The van der Waals surface area contributed by atoms with Crippen LogP contribution in [0.4, 0.5) is 5.69 Å². The Morgan fingerprint density at radius 2 is 2.13 bits per heavy atom. The zero-order valence-electron chi connectivity index (χ0n) is 7.79. The number of aromatic nitrogens is 2. The molecule has 2 N–H and O–H groups in total. The standard InChI is InChI=1S/C9H9N3OS.ClH/c10-7-3-1-2-4-8(7)14-5-9-11-6-13-12-9;/h1-4,6H,5,10H2;1H. The zero-order chi connectivity index (χ0) is 9.80. The monoisotopic (exact) mass is 243 g/mol. The van der Waals surface area contributed by atoms with Crippen LogP contribution in [0.5, 0.6) is 0 Å². The van der Waals surface area contributed by atoms with E-state index in [0.29, 0.717) is 11.6 Å². The van der Waals surface area contributed by atoms with Crippen LogP contribution in [-0.2, 0) is 5.75 Å². The van der Waals surface area contributed by atoms with Crippen LogP contribution in [-0.4, -0.2) is 10.1 Å². The Kier molecular flexibility index (Phi) is 4.45. The van der Waals surface area contributed by atoms with Crippen molar-refractivity contribution in [2.45, 2.75) is 10.6 Å². The van der Waals surface area contributed by atoms with Crippen LogP contribution in [0.2, 0.25) is 0 Å². The number of hydrogen-bond acceptors (Lipinski definition) is 5. The first-order valence-corrected chi connectivity index (χ1v) is 5.07. The fraction of sp³-hybridized carbons (Fsp3) is 0.111. The number of benzene rings is 1. The highest BCUT2D eigenvalue weighted by atomic mass is 35.5. The van der Waals surface area contributed by atoms with Gasteiger partial charge in [0.25, 0.3) is 0 Å². The third-order valence-corrected chi connectivity index (χ3v) is 2.77. The van der Waals surface area contributed by atoms with Gasteiger partial charge in [-0.2, -0.15) is 4.98 Å². The van der Waals surface area contributed by atoms with Gasteiger partial charge in [0.15, 0.2) is 5.82 Å². The van der Waals surface area contributed by atoms with E-state index in [1.54, 1.807) is 11.8 Å². The molecule has 0 spiro atoms. The van der Waals surface area contributed by atoms with Crippen LogP contribution in [0.3, 0.4) is 0 Å². The molecule has 0 bridgehead atoms. The molecule has 2 rings (SSSR count). The number of anilines is 1. The Balaban J connectivity index is 0.00000112. The molecular weight excluding hydrogens is 234 g/mol. The summed E-state index contributed by atoms with van der Waals surface area (Å²) in [5.41, 5.74) is 6.55. The van der Waals surface area contributed by atoms with E-state index >= 15 is 0 Å². The van der Waals surface area contributed by atoms with Crippen molar-refractivity contribution in [1.82, 2.24) is 10.1 Å². The Bertz CT molecular complexity index is 407. The largest absolute Gasteiger partial charge is 0.398 e. The number of nitrogen functional groups attached to an aromatic ring is 1. The second kappa shape index (κ2) is 5.63. The van der Waals surface area contributed by atoms with Gasteiger partial charge >= 0.3 is 0 Å². The average molecular weight is 244 g/mol. The first kappa shape index (κ1) is 11.9. The van der Waals surface area contributed by atoms with Crippen molar-refractivity contribution in [3.8, 4) is 0 Å². The molecule has 0 unspecified atom stereocenters. The summed E-state index contributed by atoms with van der Waals surface area (Å²) in [5, 5.41) is 3.71. The van der Waals surface area contributed by atoms with Gasteiger partial charge in [0.2, 0.25) is 6.39 Å². The van der Waals surface area contributed by atoms with Crippen LogP contribution in [0, 0.1) is 0 Å². The molecule has 1 aromatic heterocycles. The van der Waals surface area contributed by atoms with Crippen LogP contribution in [0.25, 0.3) is 0 Å². The summed E-state index contributed by atoms with van der Waals surface area (Å²) in [6, 6.07) is 7.71. The number of thioether (sulfide) groups is 1. The molecular formula is C9H10ClN3OS. The van der Waals surface area contributed by atoms with Gasteiger partial charge in [-0.05, 0) is 12.1 Å². The predicted molar refractivity (Wildman–Crippen MR) is 62.0 cm³/mol. The maximum Gasteiger partial charge on any atom is 0.213 e. The van der Waals surface area contributed by atoms with Crippen molar-refractivity contribution in [1.29, 1.82) is 0 Å². The smallest absolute Gasteiger partial charge is 0.213 e. The van der Waals surface area contributed by atoms with Crippen molar-refractivity contribution < 1.29 is 4.52 Å². The van der Waals surface area contributed by atoms with Crippen molar-refractivity contribution in [3.63, 3.8) is 0 Å². The van der Waals surface area contributed by atoms with E-state index in [1.165, 1.54) is 6.39 Å². The second-order valence-corrected chi connectivity index (χ2v) is 3.69. The number of halogens is 1. The second-order valence-electron chi connectivity index (χ2n) is 2.67. The molecule has 0 aliphatic carbocycles. The highest BCUT2D eigenvalue weighted by Gasteiger charge is 2.02. The molecule has 0 fully saturated rings. The molecule has 1 heterocycles. The maximum atomic E-state index is 5.77. The van der Waals surface area contributed by atoms with Gasteiger partial charge in [0, 0.05) is 10.6 Å². The summed E-state index contributed by atoms with van der Waals surface area (Å²) >= 11 is 1.59. The normalized spacial score (nSPS) is 9.60. The number of para-hydroxylation sites is 1. The fourth-order valence-corrected chi connectivity index (χ4v) is 1.83. The molecule has 80 valence electrons. The molecule has 0 aliphatic rings. The SMILES string of the molecule is Cl.Nc1ccccc1SCc1ncon1. The van der Waals surface area contributed by atoms with Crippen LogP contribution >= 0.6 is 24.2 Å². The highest BCUT2D eigenvalue weighted by Crippen LogP contribution is 2.26. The zero-order valence-corrected chi connectivity index (χ0v) is 9.42. The van der Waals surface area contributed by atoms with Crippen molar-refractivity contribution >= 4 is 29.9 Å². The van der Waals surface area contributed by atoms with Crippen molar-refractivity contribution in [3.05, 3.63) is 36.5 Å². The average Bonchev–Trinajstić information content (AvgIpc) is 2.69. The third kappa shape index (κ3) is 3.14. The lowest BCUT2D eigenvalue weighted by atomic mass is 10.3. The number of hydrogen-bond donors (Lipinski definition) is 1. The van der Waals surface area contributed by atoms with Gasteiger partial charge < -0.3 is 10.3 Å². The summed E-state index contributed by atoms with van der Waals surface area (Å²) in [5.74, 6) is 1.35. The molecule has 4 nitrogen and oxygen atoms in total. The predicted octanol–water partition coefficient (Wildman–Crippen LogP) is 2.37. The quantitative estimate of drug-likeness (QED) is 0.662. The Morgan fingerprint density at radius 1 is 1.33 bits per heavy atom. The molecule has 2 aromatic rings. The van der Waals surface area contributed by atoms with E-state index in [2.05, 4.69) is 14.7 Å². The molecule has 1 aromatic carbocycles. The summed E-state index contributed by atoms with van der Waals surface area (Å²) in [6.07, 6.45) is 1.32. The first-order valence-electron chi connectivity index (χ1n) is 4.09. The van der Waals surface area contributed by atoms with Gasteiger partial charge in [-0.1, -0.05) is 17.3 Å².